The number of anilines is 1. The summed E-state index contributed by atoms with van der Waals surface area (Å²) in [4.78, 5) is 23.3. The first kappa shape index (κ1) is 19.9. The number of nitro benzene ring substituents is 1. The number of benzene rings is 3. The molecule has 0 aliphatic heterocycles. The zero-order valence-corrected chi connectivity index (χ0v) is 17.1. The third kappa shape index (κ3) is 4.42. The van der Waals surface area contributed by atoms with Gasteiger partial charge in [-0.25, -0.2) is 0 Å². The van der Waals surface area contributed by atoms with Gasteiger partial charge < -0.3 is 10.1 Å². The van der Waals surface area contributed by atoms with E-state index in [9.17, 15) is 14.9 Å². The van der Waals surface area contributed by atoms with Crippen molar-refractivity contribution in [2.75, 3.05) is 5.32 Å². The molecular weight excluding hydrogens is 424 g/mol. The van der Waals surface area contributed by atoms with Crippen LogP contribution in [0.5, 0.6) is 5.75 Å². The summed E-state index contributed by atoms with van der Waals surface area (Å²) in [7, 11) is 0. The van der Waals surface area contributed by atoms with Gasteiger partial charge in [0.1, 0.15) is 12.4 Å². The Bertz CT molecular complexity index is 1250. The number of nitrogens with zero attached hydrogens (tertiary/aromatic N) is 1. The second-order valence-electron chi connectivity index (χ2n) is 6.49. The van der Waals surface area contributed by atoms with Crippen molar-refractivity contribution in [2.24, 2.45) is 0 Å². The largest absolute Gasteiger partial charge is 0.489 e. The SMILES string of the molecule is O=C(Nc1cc([N+](=O)[O-])ccc1Cl)c1cc(COc2ccc3ccccc3c2)cs1. The smallest absolute Gasteiger partial charge is 0.271 e. The Balaban J connectivity index is 1.42. The van der Waals surface area contributed by atoms with Gasteiger partial charge in [0, 0.05) is 17.7 Å². The molecule has 1 N–H and O–H groups in total. The molecule has 3 aromatic carbocycles. The number of carbonyl (C=O) groups is 1. The van der Waals surface area contributed by atoms with Crippen molar-refractivity contribution >= 4 is 51.0 Å². The highest BCUT2D eigenvalue weighted by Gasteiger charge is 2.15. The molecule has 0 bridgehead atoms. The molecule has 4 aromatic rings. The summed E-state index contributed by atoms with van der Waals surface area (Å²) in [5.74, 6) is 0.355. The van der Waals surface area contributed by atoms with Crippen LogP contribution in [0.15, 0.2) is 72.1 Å². The van der Waals surface area contributed by atoms with Gasteiger partial charge in [-0.3, -0.25) is 14.9 Å². The van der Waals surface area contributed by atoms with Crippen molar-refractivity contribution in [3.05, 3.63) is 97.7 Å². The van der Waals surface area contributed by atoms with E-state index in [1.165, 1.54) is 29.5 Å². The number of ether oxygens (including phenoxy) is 1. The average Bonchev–Trinajstić information content (AvgIpc) is 3.23. The summed E-state index contributed by atoms with van der Waals surface area (Å²) >= 11 is 7.30. The summed E-state index contributed by atoms with van der Waals surface area (Å²) in [5.41, 5.74) is 0.895. The number of halogens is 1. The topological polar surface area (TPSA) is 81.5 Å². The van der Waals surface area contributed by atoms with E-state index in [2.05, 4.69) is 5.32 Å². The highest BCUT2D eigenvalue weighted by atomic mass is 35.5. The zero-order valence-electron chi connectivity index (χ0n) is 15.5. The van der Waals surface area contributed by atoms with Crippen molar-refractivity contribution in [3.63, 3.8) is 0 Å². The highest BCUT2D eigenvalue weighted by molar-refractivity contribution is 7.12. The number of hydrogen-bond donors (Lipinski definition) is 1. The van der Waals surface area contributed by atoms with Crippen LogP contribution in [0, 0.1) is 10.1 Å². The third-order valence-corrected chi connectivity index (χ3v) is 5.72. The molecule has 1 heterocycles. The van der Waals surface area contributed by atoms with E-state index in [1.54, 1.807) is 6.07 Å². The number of nitrogens with one attached hydrogen (secondary N) is 1. The maximum atomic E-state index is 12.5. The standard InChI is InChI=1S/C22H15ClN2O4S/c23-19-8-6-17(25(27)28)11-20(19)24-22(26)21-9-14(13-30-21)12-29-18-7-5-15-3-1-2-4-16(15)10-18/h1-11,13H,12H2,(H,24,26). The number of rotatable bonds is 6. The molecule has 0 unspecified atom stereocenters. The second-order valence-corrected chi connectivity index (χ2v) is 7.81. The minimum Gasteiger partial charge on any atom is -0.489 e. The maximum Gasteiger partial charge on any atom is 0.271 e. The maximum absolute atomic E-state index is 12.5. The van der Waals surface area contributed by atoms with Crippen LogP contribution in [0.3, 0.4) is 0 Å². The number of non-ortho nitro benzene ring substituents is 1. The van der Waals surface area contributed by atoms with Gasteiger partial charge in [0.15, 0.2) is 0 Å². The van der Waals surface area contributed by atoms with Gasteiger partial charge in [-0.15, -0.1) is 11.3 Å². The molecular formula is C22H15ClN2O4S. The molecule has 0 aliphatic rings. The van der Waals surface area contributed by atoms with Gasteiger partial charge in [-0.05, 0) is 40.4 Å². The molecule has 0 fully saturated rings. The van der Waals surface area contributed by atoms with Crippen molar-refractivity contribution < 1.29 is 14.5 Å². The molecule has 30 heavy (non-hydrogen) atoms. The Kier molecular flexibility index (Phi) is 5.65. The second kappa shape index (κ2) is 8.52. The Labute approximate surface area is 180 Å². The van der Waals surface area contributed by atoms with Crippen molar-refractivity contribution in [3.8, 4) is 5.75 Å². The minimum atomic E-state index is -0.542. The van der Waals surface area contributed by atoms with E-state index in [0.717, 1.165) is 22.1 Å². The zero-order chi connectivity index (χ0) is 21.1. The Morgan fingerprint density at radius 2 is 1.87 bits per heavy atom. The lowest BCUT2D eigenvalue weighted by Crippen LogP contribution is -2.10. The van der Waals surface area contributed by atoms with Crippen LogP contribution in [-0.4, -0.2) is 10.8 Å². The van der Waals surface area contributed by atoms with Gasteiger partial charge in [-0.1, -0.05) is 41.9 Å². The van der Waals surface area contributed by atoms with Crippen LogP contribution in [0.1, 0.15) is 15.2 Å². The molecule has 1 aromatic heterocycles. The molecule has 0 saturated heterocycles. The normalized spacial score (nSPS) is 10.7. The fourth-order valence-corrected chi connectivity index (χ4v) is 3.86. The van der Waals surface area contributed by atoms with Crippen molar-refractivity contribution in [2.45, 2.75) is 6.61 Å². The van der Waals surface area contributed by atoms with Crippen LogP contribution >= 0.6 is 22.9 Å². The van der Waals surface area contributed by atoms with E-state index >= 15 is 0 Å². The Morgan fingerprint density at radius 1 is 1.07 bits per heavy atom. The first-order valence-corrected chi connectivity index (χ1v) is 10.2. The van der Waals surface area contributed by atoms with Crippen LogP contribution in [0.25, 0.3) is 10.8 Å². The fourth-order valence-electron chi connectivity index (χ4n) is 2.90. The Hall–Kier alpha value is -3.42. The summed E-state index contributed by atoms with van der Waals surface area (Å²) in [6, 6.07) is 19.5. The van der Waals surface area contributed by atoms with Gasteiger partial charge in [0.2, 0.25) is 0 Å². The van der Waals surface area contributed by atoms with Crippen LogP contribution < -0.4 is 10.1 Å². The van der Waals surface area contributed by atoms with E-state index in [-0.39, 0.29) is 22.3 Å². The first-order chi connectivity index (χ1) is 14.5. The molecule has 150 valence electrons. The molecule has 8 heteroatoms. The van der Waals surface area contributed by atoms with Crippen molar-refractivity contribution in [1.29, 1.82) is 0 Å². The summed E-state index contributed by atoms with van der Waals surface area (Å²) in [5, 5.41) is 17.8. The summed E-state index contributed by atoms with van der Waals surface area (Å²) in [6.45, 7) is 0.319. The lowest BCUT2D eigenvalue weighted by Gasteiger charge is -2.06. The summed E-state index contributed by atoms with van der Waals surface area (Å²) in [6.07, 6.45) is 0. The molecule has 6 nitrogen and oxygen atoms in total. The molecule has 0 spiro atoms. The predicted molar refractivity (Wildman–Crippen MR) is 119 cm³/mol. The molecule has 1 amide bonds. The quantitative estimate of drug-likeness (QED) is 0.283. The highest BCUT2D eigenvalue weighted by Crippen LogP contribution is 2.28. The van der Waals surface area contributed by atoms with Crippen LogP contribution in [0.2, 0.25) is 5.02 Å². The van der Waals surface area contributed by atoms with E-state index in [1.807, 2.05) is 47.8 Å². The van der Waals surface area contributed by atoms with E-state index in [4.69, 9.17) is 16.3 Å². The monoisotopic (exact) mass is 438 g/mol. The molecule has 0 radical (unpaired) electrons. The average molecular weight is 439 g/mol. The number of nitro groups is 1. The molecule has 0 atom stereocenters. The van der Waals surface area contributed by atoms with Gasteiger partial charge in [-0.2, -0.15) is 0 Å². The fraction of sp³-hybridized carbons (Fsp3) is 0.0455. The van der Waals surface area contributed by atoms with Gasteiger partial charge >= 0.3 is 0 Å². The number of hydrogen-bond acceptors (Lipinski definition) is 5. The lowest BCUT2D eigenvalue weighted by molar-refractivity contribution is -0.384. The van der Waals surface area contributed by atoms with E-state index < -0.39 is 4.92 Å². The first-order valence-electron chi connectivity index (χ1n) is 8.94. The molecule has 0 saturated carbocycles. The van der Waals surface area contributed by atoms with Crippen molar-refractivity contribution in [1.82, 2.24) is 0 Å². The van der Waals surface area contributed by atoms with E-state index in [0.29, 0.717) is 11.5 Å². The summed E-state index contributed by atoms with van der Waals surface area (Å²) < 4.78 is 5.85. The van der Waals surface area contributed by atoms with Gasteiger partial charge in [0.25, 0.3) is 11.6 Å². The number of amides is 1. The van der Waals surface area contributed by atoms with Crippen LogP contribution in [0.4, 0.5) is 11.4 Å². The number of thiophene rings is 1. The van der Waals surface area contributed by atoms with Crippen LogP contribution in [-0.2, 0) is 6.61 Å². The molecule has 0 aliphatic carbocycles. The predicted octanol–water partition coefficient (Wildman–Crippen LogP) is 6.29. The van der Waals surface area contributed by atoms with Gasteiger partial charge in [0.05, 0.1) is 20.5 Å². The lowest BCUT2D eigenvalue weighted by atomic mass is 10.1. The Morgan fingerprint density at radius 3 is 2.67 bits per heavy atom. The number of fused-ring (bicyclic) bond motifs is 1. The minimum absolute atomic E-state index is 0.148. The molecule has 4 rings (SSSR count). The third-order valence-electron chi connectivity index (χ3n) is 4.41. The number of carbonyl (C=O) groups excluding carboxylic acids is 1.